The molecule has 0 aliphatic carbocycles. The number of sulfonamides is 1. The standard InChI is InChI=1S/C15H24ClN5O3S/c1-20-15(12(16)9-19-20)25(23,24)21-7-3-4-11(10-21)8-18-14(22)13-5-2-6-17-13/h9,11,13,17H,2-8,10H2,1H3,(H,18,22). The van der Waals surface area contributed by atoms with Crippen LogP contribution >= 0.6 is 11.6 Å². The molecule has 25 heavy (non-hydrogen) atoms. The highest BCUT2D eigenvalue weighted by Crippen LogP contribution is 2.27. The normalized spacial score (nSPS) is 25.2. The molecule has 8 nitrogen and oxygen atoms in total. The molecule has 2 aliphatic heterocycles. The number of aromatic nitrogens is 2. The second-order valence-electron chi connectivity index (χ2n) is 6.69. The minimum atomic E-state index is -3.69. The molecule has 2 atom stereocenters. The first-order valence-electron chi connectivity index (χ1n) is 8.58. The summed E-state index contributed by atoms with van der Waals surface area (Å²) >= 11 is 6.01. The first-order valence-corrected chi connectivity index (χ1v) is 10.4. The number of carbonyl (C=O) groups excluding carboxylic acids is 1. The molecule has 2 fully saturated rings. The summed E-state index contributed by atoms with van der Waals surface area (Å²) in [5, 5.41) is 10.2. The number of nitrogens with one attached hydrogen (secondary N) is 2. The summed E-state index contributed by atoms with van der Waals surface area (Å²) in [5.74, 6) is 0.105. The quantitative estimate of drug-likeness (QED) is 0.757. The van der Waals surface area contributed by atoms with E-state index in [1.54, 1.807) is 7.05 Å². The average Bonchev–Trinajstić information content (AvgIpc) is 3.23. The van der Waals surface area contributed by atoms with Gasteiger partial charge in [-0.1, -0.05) is 11.6 Å². The van der Waals surface area contributed by atoms with Gasteiger partial charge in [-0.15, -0.1) is 0 Å². The van der Waals surface area contributed by atoms with E-state index in [-0.39, 0.29) is 27.9 Å². The lowest BCUT2D eigenvalue weighted by molar-refractivity contribution is -0.123. The van der Waals surface area contributed by atoms with Crippen LogP contribution in [-0.4, -0.2) is 60.6 Å². The highest BCUT2D eigenvalue weighted by molar-refractivity contribution is 7.89. The van der Waals surface area contributed by atoms with Crippen LogP contribution < -0.4 is 10.6 Å². The van der Waals surface area contributed by atoms with Crippen molar-refractivity contribution in [2.45, 2.75) is 36.8 Å². The van der Waals surface area contributed by atoms with Crippen molar-refractivity contribution in [1.29, 1.82) is 0 Å². The molecular formula is C15H24ClN5O3S. The smallest absolute Gasteiger partial charge is 0.261 e. The molecule has 0 radical (unpaired) electrons. The average molecular weight is 390 g/mol. The van der Waals surface area contributed by atoms with Crippen molar-refractivity contribution >= 4 is 27.5 Å². The fourth-order valence-corrected chi connectivity index (χ4v) is 5.66. The lowest BCUT2D eigenvalue weighted by atomic mass is 9.99. The molecule has 1 aromatic rings. The lowest BCUT2D eigenvalue weighted by Gasteiger charge is -2.32. The molecule has 10 heteroatoms. The Kier molecular flexibility index (Phi) is 5.67. The van der Waals surface area contributed by atoms with E-state index in [0.717, 1.165) is 32.2 Å². The van der Waals surface area contributed by atoms with E-state index in [4.69, 9.17) is 11.6 Å². The van der Waals surface area contributed by atoms with Gasteiger partial charge in [0.2, 0.25) is 5.91 Å². The van der Waals surface area contributed by atoms with E-state index in [1.807, 2.05) is 0 Å². The maximum atomic E-state index is 12.9. The van der Waals surface area contributed by atoms with Crippen molar-refractivity contribution in [3.05, 3.63) is 11.2 Å². The van der Waals surface area contributed by atoms with Crippen LogP contribution in [0.3, 0.4) is 0 Å². The Bertz CT molecular complexity index is 710. The van der Waals surface area contributed by atoms with Crippen LogP contribution in [0.15, 0.2) is 11.2 Å². The minimum Gasteiger partial charge on any atom is -0.354 e. The van der Waals surface area contributed by atoms with Gasteiger partial charge in [0.25, 0.3) is 10.0 Å². The Morgan fingerprint density at radius 3 is 2.88 bits per heavy atom. The molecule has 0 bridgehead atoms. The van der Waals surface area contributed by atoms with Gasteiger partial charge in [-0.3, -0.25) is 9.48 Å². The Labute approximate surface area is 152 Å². The van der Waals surface area contributed by atoms with Gasteiger partial charge in [-0.25, -0.2) is 8.42 Å². The molecule has 1 amide bonds. The van der Waals surface area contributed by atoms with Crippen LogP contribution in [0.2, 0.25) is 5.02 Å². The van der Waals surface area contributed by atoms with Crippen molar-refractivity contribution in [1.82, 2.24) is 24.7 Å². The highest BCUT2D eigenvalue weighted by Gasteiger charge is 2.34. The summed E-state index contributed by atoms with van der Waals surface area (Å²) in [6.45, 7) is 2.20. The second-order valence-corrected chi connectivity index (χ2v) is 8.95. The van der Waals surface area contributed by atoms with Crippen molar-refractivity contribution in [3.63, 3.8) is 0 Å². The zero-order chi connectivity index (χ0) is 18.0. The predicted octanol–water partition coefficient (Wildman–Crippen LogP) is 0.342. The first kappa shape index (κ1) is 18.6. The number of aryl methyl sites for hydroxylation is 1. The van der Waals surface area contributed by atoms with Crippen LogP contribution in [0, 0.1) is 5.92 Å². The summed E-state index contributed by atoms with van der Waals surface area (Å²) in [7, 11) is -2.13. The molecule has 140 valence electrons. The monoisotopic (exact) mass is 389 g/mol. The SMILES string of the molecule is Cn1ncc(Cl)c1S(=O)(=O)N1CCCC(CNC(=O)C2CCCN2)C1. The third-order valence-electron chi connectivity index (χ3n) is 4.85. The van der Waals surface area contributed by atoms with Gasteiger partial charge in [-0.2, -0.15) is 9.40 Å². The molecule has 0 spiro atoms. The Hall–Kier alpha value is -1.16. The number of hydrogen-bond acceptors (Lipinski definition) is 5. The summed E-state index contributed by atoms with van der Waals surface area (Å²) in [4.78, 5) is 12.1. The van der Waals surface area contributed by atoms with E-state index in [1.165, 1.54) is 15.2 Å². The number of amides is 1. The Balaban J connectivity index is 1.62. The van der Waals surface area contributed by atoms with E-state index in [0.29, 0.717) is 19.6 Å². The van der Waals surface area contributed by atoms with Gasteiger partial charge in [0.1, 0.15) is 0 Å². The number of halogens is 1. The number of rotatable bonds is 5. The minimum absolute atomic E-state index is 0.00663. The molecule has 2 N–H and O–H groups in total. The fraction of sp³-hybridized carbons (Fsp3) is 0.733. The van der Waals surface area contributed by atoms with Gasteiger partial charge in [0, 0.05) is 26.7 Å². The third kappa shape index (κ3) is 3.99. The van der Waals surface area contributed by atoms with Gasteiger partial charge in [-0.05, 0) is 38.1 Å². The van der Waals surface area contributed by atoms with Crippen LogP contribution in [0.4, 0.5) is 0 Å². The summed E-state index contributed by atoms with van der Waals surface area (Å²) < 4.78 is 28.5. The van der Waals surface area contributed by atoms with Crippen LogP contribution in [-0.2, 0) is 21.9 Å². The molecule has 2 unspecified atom stereocenters. The van der Waals surface area contributed by atoms with E-state index in [2.05, 4.69) is 15.7 Å². The molecular weight excluding hydrogens is 366 g/mol. The number of carbonyl (C=O) groups is 1. The molecule has 0 saturated carbocycles. The highest BCUT2D eigenvalue weighted by atomic mass is 35.5. The van der Waals surface area contributed by atoms with E-state index in [9.17, 15) is 13.2 Å². The fourth-order valence-electron chi connectivity index (χ4n) is 3.50. The molecule has 2 saturated heterocycles. The lowest BCUT2D eigenvalue weighted by Crippen LogP contribution is -2.46. The van der Waals surface area contributed by atoms with Gasteiger partial charge in [0.05, 0.1) is 17.3 Å². The second kappa shape index (κ2) is 7.61. The Morgan fingerprint density at radius 1 is 1.44 bits per heavy atom. The molecule has 1 aromatic heterocycles. The summed E-state index contributed by atoms with van der Waals surface area (Å²) in [6, 6.07) is -0.114. The van der Waals surface area contributed by atoms with Crippen molar-refractivity contribution in [2.75, 3.05) is 26.2 Å². The molecule has 3 heterocycles. The number of nitrogens with zero attached hydrogens (tertiary/aromatic N) is 3. The maximum absolute atomic E-state index is 12.9. The zero-order valence-corrected chi connectivity index (χ0v) is 15.8. The number of hydrogen-bond donors (Lipinski definition) is 2. The van der Waals surface area contributed by atoms with Gasteiger partial charge < -0.3 is 10.6 Å². The zero-order valence-electron chi connectivity index (χ0n) is 14.2. The van der Waals surface area contributed by atoms with Crippen molar-refractivity contribution in [3.8, 4) is 0 Å². The maximum Gasteiger partial charge on any atom is 0.261 e. The molecule has 0 aromatic carbocycles. The van der Waals surface area contributed by atoms with Crippen molar-refractivity contribution < 1.29 is 13.2 Å². The van der Waals surface area contributed by atoms with Crippen molar-refractivity contribution in [2.24, 2.45) is 13.0 Å². The number of piperidine rings is 1. The van der Waals surface area contributed by atoms with Gasteiger partial charge in [0.15, 0.2) is 5.03 Å². The summed E-state index contributed by atoms with van der Waals surface area (Å²) in [6.07, 6.45) is 4.86. The van der Waals surface area contributed by atoms with E-state index >= 15 is 0 Å². The van der Waals surface area contributed by atoms with Crippen LogP contribution in [0.5, 0.6) is 0 Å². The largest absolute Gasteiger partial charge is 0.354 e. The molecule has 2 aliphatic rings. The third-order valence-corrected chi connectivity index (χ3v) is 7.22. The van der Waals surface area contributed by atoms with E-state index < -0.39 is 10.0 Å². The Morgan fingerprint density at radius 2 is 2.24 bits per heavy atom. The topological polar surface area (TPSA) is 96.3 Å². The summed E-state index contributed by atoms with van der Waals surface area (Å²) in [5.41, 5.74) is 0. The first-order chi connectivity index (χ1) is 11.9. The van der Waals surface area contributed by atoms with Gasteiger partial charge >= 0.3 is 0 Å². The van der Waals surface area contributed by atoms with Crippen LogP contribution in [0.25, 0.3) is 0 Å². The molecule has 3 rings (SSSR count). The predicted molar refractivity (Wildman–Crippen MR) is 93.7 cm³/mol. The van der Waals surface area contributed by atoms with Crippen LogP contribution in [0.1, 0.15) is 25.7 Å².